The normalized spacial score (nSPS) is 16.8. The zero-order chi connectivity index (χ0) is 13.1. The second-order valence-corrected chi connectivity index (χ2v) is 4.43. The quantitative estimate of drug-likeness (QED) is 0.809. The predicted molar refractivity (Wildman–Crippen MR) is 65.0 cm³/mol. The Morgan fingerprint density at radius 2 is 2.00 bits per heavy atom. The van der Waals surface area contributed by atoms with Crippen LogP contribution in [0.4, 0.5) is 0 Å². The number of carbonyl (C=O) groups is 2. The standard InChI is InChI=1S/C12H17N3O3/c1-9-10(2-7-18-9)12(17)15-5-3-14(4-6-15)8-11(13)16/h2,7H,3-6,8H2,1H3,(H2,13,16). The van der Waals surface area contributed by atoms with Gasteiger partial charge in [0.1, 0.15) is 5.76 Å². The van der Waals surface area contributed by atoms with E-state index in [0.29, 0.717) is 37.5 Å². The van der Waals surface area contributed by atoms with E-state index in [-0.39, 0.29) is 18.4 Å². The number of furan rings is 1. The van der Waals surface area contributed by atoms with E-state index >= 15 is 0 Å². The van der Waals surface area contributed by atoms with E-state index in [1.54, 1.807) is 17.9 Å². The van der Waals surface area contributed by atoms with Gasteiger partial charge in [0.25, 0.3) is 5.91 Å². The number of primary amides is 1. The molecule has 1 aliphatic heterocycles. The molecule has 0 aliphatic carbocycles. The summed E-state index contributed by atoms with van der Waals surface area (Å²) >= 11 is 0. The molecule has 6 nitrogen and oxygen atoms in total. The Morgan fingerprint density at radius 1 is 1.33 bits per heavy atom. The van der Waals surface area contributed by atoms with Crippen LogP contribution in [0.3, 0.4) is 0 Å². The van der Waals surface area contributed by atoms with Gasteiger partial charge in [-0.3, -0.25) is 14.5 Å². The van der Waals surface area contributed by atoms with Gasteiger partial charge in [-0.05, 0) is 13.0 Å². The molecule has 2 amide bonds. The van der Waals surface area contributed by atoms with Crippen LogP contribution in [0.15, 0.2) is 16.7 Å². The zero-order valence-electron chi connectivity index (χ0n) is 10.4. The molecule has 0 bridgehead atoms. The highest BCUT2D eigenvalue weighted by Crippen LogP contribution is 2.13. The maximum Gasteiger partial charge on any atom is 0.257 e. The minimum atomic E-state index is -0.333. The van der Waals surface area contributed by atoms with Crippen molar-refractivity contribution in [3.63, 3.8) is 0 Å². The summed E-state index contributed by atoms with van der Waals surface area (Å²) in [6.07, 6.45) is 1.52. The maximum absolute atomic E-state index is 12.2. The van der Waals surface area contributed by atoms with Crippen LogP contribution < -0.4 is 5.73 Å². The van der Waals surface area contributed by atoms with Crippen molar-refractivity contribution in [1.82, 2.24) is 9.80 Å². The molecule has 1 saturated heterocycles. The van der Waals surface area contributed by atoms with Crippen molar-refractivity contribution < 1.29 is 14.0 Å². The van der Waals surface area contributed by atoms with Gasteiger partial charge < -0.3 is 15.1 Å². The average Bonchev–Trinajstić information content (AvgIpc) is 2.75. The van der Waals surface area contributed by atoms with Gasteiger partial charge >= 0.3 is 0 Å². The molecule has 0 unspecified atom stereocenters. The van der Waals surface area contributed by atoms with E-state index in [1.807, 2.05) is 4.90 Å². The summed E-state index contributed by atoms with van der Waals surface area (Å²) in [5.41, 5.74) is 5.75. The number of piperazine rings is 1. The summed E-state index contributed by atoms with van der Waals surface area (Å²) < 4.78 is 5.13. The monoisotopic (exact) mass is 251 g/mol. The maximum atomic E-state index is 12.2. The van der Waals surface area contributed by atoms with Crippen LogP contribution in [0.2, 0.25) is 0 Å². The van der Waals surface area contributed by atoms with Gasteiger partial charge in [0, 0.05) is 26.2 Å². The van der Waals surface area contributed by atoms with Crippen LogP contribution in [0.5, 0.6) is 0 Å². The fraction of sp³-hybridized carbons (Fsp3) is 0.500. The van der Waals surface area contributed by atoms with Crippen LogP contribution in [-0.4, -0.2) is 54.3 Å². The molecule has 1 aromatic rings. The van der Waals surface area contributed by atoms with Gasteiger partial charge in [0.15, 0.2) is 0 Å². The summed E-state index contributed by atoms with van der Waals surface area (Å²) in [5, 5.41) is 0. The molecule has 1 aliphatic rings. The Labute approximate surface area is 105 Å². The van der Waals surface area contributed by atoms with Crippen LogP contribution >= 0.6 is 0 Å². The SMILES string of the molecule is Cc1occc1C(=O)N1CCN(CC(N)=O)CC1. The van der Waals surface area contributed by atoms with Crippen LogP contribution in [0.25, 0.3) is 0 Å². The van der Waals surface area contributed by atoms with Gasteiger partial charge in [-0.1, -0.05) is 0 Å². The largest absolute Gasteiger partial charge is 0.469 e. The van der Waals surface area contributed by atoms with E-state index < -0.39 is 0 Å². The third-order valence-electron chi connectivity index (χ3n) is 3.13. The van der Waals surface area contributed by atoms with Gasteiger partial charge in [-0.15, -0.1) is 0 Å². The lowest BCUT2D eigenvalue weighted by atomic mass is 10.2. The van der Waals surface area contributed by atoms with Crippen molar-refractivity contribution in [2.45, 2.75) is 6.92 Å². The number of nitrogens with zero attached hydrogens (tertiary/aromatic N) is 2. The summed E-state index contributed by atoms with van der Waals surface area (Å²) in [5.74, 6) is 0.292. The number of hydrogen-bond acceptors (Lipinski definition) is 4. The minimum Gasteiger partial charge on any atom is -0.469 e. The molecule has 6 heteroatoms. The third kappa shape index (κ3) is 2.70. The molecule has 98 valence electrons. The lowest BCUT2D eigenvalue weighted by Gasteiger charge is -2.33. The number of aryl methyl sites for hydroxylation is 1. The van der Waals surface area contributed by atoms with Crippen molar-refractivity contribution in [3.8, 4) is 0 Å². The first-order chi connectivity index (χ1) is 8.58. The van der Waals surface area contributed by atoms with E-state index in [4.69, 9.17) is 10.2 Å². The van der Waals surface area contributed by atoms with Crippen molar-refractivity contribution in [3.05, 3.63) is 23.7 Å². The predicted octanol–water partition coefficient (Wildman–Crippen LogP) is -0.169. The first-order valence-electron chi connectivity index (χ1n) is 5.92. The van der Waals surface area contributed by atoms with Crippen molar-refractivity contribution in [2.75, 3.05) is 32.7 Å². The highest BCUT2D eigenvalue weighted by molar-refractivity contribution is 5.95. The molecule has 1 fully saturated rings. The number of hydrogen-bond donors (Lipinski definition) is 1. The Balaban J connectivity index is 1.92. The minimum absolute atomic E-state index is 0.0139. The summed E-state index contributed by atoms with van der Waals surface area (Å²) in [7, 11) is 0. The summed E-state index contributed by atoms with van der Waals surface area (Å²) in [6, 6.07) is 1.69. The average molecular weight is 251 g/mol. The third-order valence-corrected chi connectivity index (χ3v) is 3.13. The van der Waals surface area contributed by atoms with Crippen molar-refractivity contribution >= 4 is 11.8 Å². The lowest BCUT2D eigenvalue weighted by molar-refractivity contribution is -0.119. The molecule has 2 heterocycles. The molecule has 2 rings (SSSR count). The van der Waals surface area contributed by atoms with Gasteiger partial charge in [0.05, 0.1) is 18.4 Å². The van der Waals surface area contributed by atoms with Gasteiger partial charge in [-0.25, -0.2) is 0 Å². The molecule has 1 aromatic heterocycles. The second-order valence-electron chi connectivity index (χ2n) is 4.43. The highest BCUT2D eigenvalue weighted by atomic mass is 16.3. The van der Waals surface area contributed by atoms with Crippen LogP contribution in [0.1, 0.15) is 16.1 Å². The van der Waals surface area contributed by atoms with E-state index in [2.05, 4.69) is 0 Å². The zero-order valence-corrected chi connectivity index (χ0v) is 10.4. The lowest BCUT2D eigenvalue weighted by Crippen LogP contribution is -2.50. The number of amides is 2. The first kappa shape index (κ1) is 12.6. The van der Waals surface area contributed by atoms with E-state index in [0.717, 1.165) is 0 Å². The van der Waals surface area contributed by atoms with Crippen molar-refractivity contribution in [1.29, 1.82) is 0 Å². The first-order valence-corrected chi connectivity index (χ1v) is 5.92. The Hall–Kier alpha value is -1.82. The van der Waals surface area contributed by atoms with E-state index in [9.17, 15) is 9.59 Å². The number of nitrogens with two attached hydrogens (primary N) is 1. The summed E-state index contributed by atoms with van der Waals surface area (Å²) in [6.45, 7) is 4.59. The molecule has 0 atom stereocenters. The fourth-order valence-corrected chi connectivity index (χ4v) is 2.11. The molecular weight excluding hydrogens is 234 g/mol. The smallest absolute Gasteiger partial charge is 0.257 e. The highest BCUT2D eigenvalue weighted by Gasteiger charge is 2.24. The molecular formula is C12H17N3O3. The number of rotatable bonds is 3. The molecule has 2 N–H and O–H groups in total. The molecule has 18 heavy (non-hydrogen) atoms. The Bertz CT molecular complexity index is 447. The fourth-order valence-electron chi connectivity index (χ4n) is 2.11. The topological polar surface area (TPSA) is 79.8 Å². The molecule has 0 saturated carbocycles. The van der Waals surface area contributed by atoms with Crippen LogP contribution in [0, 0.1) is 6.92 Å². The molecule has 0 radical (unpaired) electrons. The van der Waals surface area contributed by atoms with E-state index in [1.165, 1.54) is 6.26 Å². The Morgan fingerprint density at radius 3 is 2.50 bits per heavy atom. The molecule has 0 aromatic carbocycles. The van der Waals surface area contributed by atoms with Gasteiger partial charge in [0.2, 0.25) is 5.91 Å². The van der Waals surface area contributed by atoms with Crippen LogP contribution in [-0.2, 0) is 4.79 Å². The van der Waals surface area contributed by atoms with Gasteiger partial charge in [-0.2, -0.15) is 0 Å². The van der Waals surface area contributed by atoms with Crippen molar-refractivity contribution in [2.24, 2.45) is 5.73 Å². The summed E-state index contributed by atoms with van der Waals surface area (Å²) in [4.78, 5) is 26.7. The number of carbonyl (C=O) groups excluding carboxylic acids is 2. The Kier molecular flexibility index (Phi) is 3.66. The molecule has 0 spiro atoms. The second kappa shape index (κ2) is 5.22.